The Labute approximate surface area is 260 Å². The number of hydrogen-bond donors (Lipinski definition) is 1. The molecule has 1 aliphatic carbocycles. The van der Waals surface area contributed by atoms with Gasteiger partial charge in [0.2, 0.25) is 11.3 Å². The number of benzene rings is 2. The number of rotatable bonds is 8. The molecular formula is C31H28ClFN4O6S. The zero-order chi connectivity index (χ0) is 31.1. The van der Waals surface area contributed by atoms with Crippen LogP contribution in [-0.2, 0) is 9.59 Å². The van der Waals surface area contributed by atoms with Crippen molar-refractivity contribution in [1.29, 1.82) is 0 Å². The summed E-state index contributed by atoms with van der Waals surface area (Å²) in [6.45, 7) is 1.58. The van der Waals surface area contributed by atoms with E-state index in [1.54, 1.807) is 45.9 Å². The first-order valence-corrected chi connectivity index (χ1v) is 15.5. The van der Waals surface area contributed by atoms with Crippen LogP contribution in [-0.4, -0.2) is 75.2 Å². The zero-order valence-electron chi connectivity index (χ0n) is 23.5. The lowest BCUT2D eigenvalue weighted by Crippen LogP contribution is -2.49. The second kappa shape index (κ2) is 12.1. The summed E-state index contributed by atoms with van der Waals surface area (Å²) < 4.78 is 17.0. The summed E-state index contributed by atoms with van der Waals surface area (Å²) in [5, 5.41) is 9.69. The molecule has 3 aliphatic rings. The molecule has 2 aliphatic heterocycles. The number of imide groups is 1. The van der Waals surface area contributed by atoms with Crippen molar-refractivity contribution in [3.8, 4) is 0 Å². The molecule has 3 amide bonds. The fraction of sp³-hybridized carbons (Fsp3) is 0.323. The first-order chi connectivity index (χ1) is 21.1. The monoisotopic (exact) mass is 638 g/mol. The number of carboxylic acids is 1. The first kappa shape index (κ1) is 29.9. The Morgan fingerprint density at radius 1 is 1.05 bits per heavy atom. The van der Waals surface area contributed by atoms with Gasteiger partial charge in [0.15, 0.2) is 0 Å². The molecule has 3 aromatic rings. The van der Waals surface area contributed by atoms with Gasteiger partial charge >= 0.3 is 5.97 Å². The average Bonchev–Trinajstić information content (AvgIpc) is 3.81. The number of carboxylic acid groups (broad SMARTS) is 1. The maximum absolute atomic E-state index is 15.3. The van der Waals surface area contributed by atoms with E-state index in [0.717, 1.165) is 41.1 Å². The average molecular weight is 639 g/mol. The topological polar surface area (TPSA) is 120 Å². The van der Waals surface area contributed by atoms with Crippen molar-refractivity contribution >= 4 is 69.1 Å². The highest BCUT2D eigenvalue weighted by Crippen LogP contribution is 2.38. The molecular weight excluding hydrogens is 611 g/mol. The van der Waals surface area contributed by atoms with Crippen LogP contribution in [0.15, 0.2) is 52.3 Å². The van der Waals surface area contributed by atoms with Crippen LogP contribution in [0.3, 0.4) is 0 Å². The van der Waals surface area contributed by atoms with E-state index >= 15 is 4.39 Å². The van der Waals surface area contributed by atoms with Crippen LogP contribution in [0.4, 0.5) is 14.9 Å². The molecule has 0 spiro atoms. The van der Waals surface area contributed by atoms with Crippen molar-refractivity contribution in [3.63, 3.8) is 0 Å². The Balaban J connectivity index is 1.06. The number of aromatic carboxylic acids is 1. The van der Waals surface area contributed by atoms with E-state index in [9.17, 15) is 29.1 Å². The normalized spacial score (nSPS) is 18.1. The number of anilines is 1. The third kappa shape index (κ3) is 5.96. The fourth-order valence-electron chi connectivity index (χ4n) is 5.55. The van der Waals surface area contributed by atoms with Crippen molar-refractivity contribution in [1.82, 2.24) is 14.4 Å². The number of pyridine rings is 1. The molecule has 1 aromatic heterocycles. The molecule has 228 valence electrons. The van der Waals surface area contributed by atoms with Gasteiger partial charge in [-0.3, -0.25) is 24.1 Å². The lowest BCUT2D eigenvalue weighted by molar-refractivity contribution is -0.132. The van der Waals surface area contributed by atoms with Crippen molar-refractivity contribution in [2.75, 3.05) is 37.6 Å². The first-order valence-electron chi connectivity index (χ1n) is 14.3. The Hall–Kier alpha value is -4.16. The highest BCUT2D eigenvalue weighted by Gasteiger charge is 2.35. The van der Waals surface area contributed by atoms with Gasteiger partial charge < -0.3 is 19.5 Å². The van der Waals surface area contributed by atoms with Gasteiger partial charge in [0.05, 0.1) is 16.1 Å². The van der Waals surface area contributed by atoms with E-state index in [0.29, 0.717) is 53.7 Å². The Kier molecular flexibility index (Phi) is 8.21. The van der Waals surface area contributed by atoms with Crippen molar-refractivity contribution in [2.24, 2.45) is 0 Å². The minimum absolute atomic E-state index is 0.0350. The number of carbonyl (C=O) groups excluding carboxylic acids is 3. The van der Waals surface area contributed by atoms with Crippen molar-refractivity contribution in [2.45, 2.75) is 31.7 Å². The lowest BCUT2D eigenvalue weighted by atomic mass is 10.1. The van der Waals surface area contributed by atoms with Gasteiger partial charge in [-0.05, 0) is 66.9 Å². The second-order valence-electron chi connectivity index (χ2n) is 11.0. The highest BCUT2D eigenvalue weighted by molar-refractivity contribution is 8.18. The highest BCUT2D eigenvalue weighted by atomic mass is 35.5. The Morgan fingerprint density at radius 2 is 1.75 bits per heavy atom. The summed E-state index contributed by atoms with van der Waals surface area (Å²) in [4.78, 5) is 67.5. The second-order valence-corrected chi connectivity index (χ2v) is 12.4. The van der Waals surface area contributed by atoms with Gasteiger partial charge in [-0.2, -0.15) is 0 Å². The number of piperazine rings is 1. The molecule has 0 bridgehead atoms. The van der Waals surface area contributed by atoms with Gasteiger partial charge in [-0.25, -0.2) is 9.18 Å². The summed E-state index contributed by atoms with van der Waals surface area (Å²) in [6, 6.07) is 9.70. The van der Waals surface area contributed by atoms with Crippen molar-refractivity contribution < 1.29 is 28.7 Å². The number of halogens is 2. The van der Waals surface area contributed by atoms with Gasteiger partial charge in [0, 0.05) is 61.8 Å². The minimum atomic E-state index is -1.34. The number of nitrogens with zero attached hydrogens (tertiary/aromatic N) is 4. The minimum Gasteiger partial charge on any atom is -0.477 e. The zero-order valence-corrected chi connectivity index (χ0v) is 25.1. The SMILES string of the molecule is O=C(O)c1cn(C2CC2)c2cc(N3CCN(C(=O)CCCN4C(=O)S/C(=C/c5ccc(Cl)cc5)C4=O)CC3)c(F)cc2c1=O. The summed E-state index contributed by atoms with van der Waals surface area (Å²) in [5.41, 5.74) is 0.452. The predicted octanol–water partition coefficient (Wildman–Crippen LogP) is 4.99. The summed E-state index contributed by atoms with van der Waals surface area (Å²) >= 11 is 6.77. The summed E-state index contributed by atoms with van der Waals surface area (Å²) in [5.74, 6) is -2.47. The van der Waals surface area contributed by atoms with E-state index < -0.39 is 17.2 Å². The lowest BCUT2D eigenvalue weighted by Gasteiger charge is -2.36. The largest absolute Gasteiger partial charge is 0.477 e. The number of carbonyl (C=O) groups is 4. The van der Waals surface area contributed by atoms with E-state index in [-0.39, 0.29) is 47.0 Å². The van der Waals surface area contributed by atoms with E-state index in [2.05, 4.69) is 0 Å². The number of aromatic nitrogens is 1. The summed E-state index contributed by atoms with van der Waals surface area (Å²) in [6.07, 6.45) is 5.17. The van der Waals surface area contributed by atoms with Gasteiger partial charge in [-0.1, -0.05) is 23.7 Å². The van der Waals surface area contributed by atoms with Crippen LogP contribution < -0.4 is 10.3 Å². The molecule has 3 heterocycles. The molecule has 1 saturated carbocycles. The smallest absolute Gasteiger partial charge is 0.341 e. The molecule has 2 saturated heterocycles. The molecule has 44 heavy (non-hydrogen) atoms. The number of thioether (sulfide) groups is 1. The predicted molar refractivity (Wildman–Crippen MR) is 166 cm³/mol. The molecule has 0 unspecified atom stereocenters. The standard InChI is InChI=1S/C31H28ClFN4O6S/c32-19-5-3-18(4-6-19)14-26-29(40)36(31(43)44-26)9-1-2-27(38)35-12-10-34(11-13-35)25-16-24-21(15-23(25)33)28(39)22(30(41)42)17-37(24)20-7-8-20/h3-6,14-17,20H,1-2,7-13H2,(H,41,42)/b26-14+. The van der Waals surface area contributed by atoms with Crippen LogP contribution in [0.25, 0.3) is 17.0 Å². The quantitative estimate of drug-likeness (QED) is 0.343. The molecule has 13 heteroatoms. The van der Waals surface area contributed by atoms with E-state index in [1.165, 1.54) is 6.20 Å². The molecule has 10 nitrogen and oxygen atoms in total. The maximum Gasteiger partial charge on any atom is 0.341 e. The van der Waals surface area contributed by atoms with Gasteiger partial charge in [0.25, 0.3) is 11.1 Å². The van der Waals surface area contributed by atoms with E-state index in [4.69, 9.17) is 11.6 Å². The third-order valence-corrected chi connectivity index (χ3v) is 9.22. The van der Waals surface area contributed by atoms with E-state index in [1.807, 2.05) is 4.90 Å². The Bertz CT molecular complexity index is 1780. The Morgan fingerprint density at radius 3 is 2.41 bits per heavy atom. The molecule has 0 atom stereocenters. The van der Waals surface area contributed by atoms with Crippen LogP contribution in [0.1, 0.15) is 47.6 Å². The number of fused-ring (bicyclic) bond motifs is 1. The summed E-state index contributed by atoms with van der Waals surface area (Å²) in [7, 11) is 0. The fourth-order valence-corrected chi connectivity index (χ4v) is 6.55. The van der Waals surface area contributed by atoms with Crippen LogP contribution >= 0.6 is 23.4 Å². The van der Waals surface area contributed by atoms with Crippen LogP contribution in [0, 0.1) is 5.82 Å². The van der Waals surface area contributed by atoms with Gasteiger partial charge in [-0.15, -0.1) is 0 Å². The molecule has 2 aromatic carbocycles. The molecule has 0 radical (unpaired) electrons. The van der Waals surface area contributed by atoms with Gasteiger partial charge in [0.1, 0.15) is 11.4 Å². The van der Waals surface area contributed by atoms with Crippen LogP contribution in [0.2, 0.25) is 5.02 Å². The molecule has 3 fully saturated rings. The van der Waals surface area contributed by atoms with Crippen molar-refractivity contribution in [3.05, 3.63) is 79.7 Å². The van der Waals surface area contributed by atoms with Crippen LogP contribution in [0.5, 0.6) is 0 Å². The number of amides is 3. The maximum atomic E-state index is 15.3. The molecule has 6 rings (SSSR count). The molecule has 1 N–H and O–H groups in total. The third-order valence-electron chi connectivity index (χ3n) is 8.06. The number of hydrogen-bond acceptors (Lipinski definition) is 7.